The Hall–Kier alpha value is -0.420. The Morgan fingerprint density at radius 1 is 1.47 bits per heavy atom. The van der Waals surface area contributed by atoms with E-state index in [2.05, 4.69) is 29.3 Å². The van der Waals surface area contributed by atoms with Crippen molar-refractivity contribution in [2.45, 2.75) is 57.2 Å². The van der Waals surface area contributed by atoms with Gasteiger partial charge in [0.15, 0.2) is 0 Å². The largest absolute Gasteiger partial charge is 0.390 e. The van der Waals surface area contributed by atoms with Gasteiger partial charge in [0.05, 0.1) is 11.6 Å². The zero-order valence-corrected chi connectivity index (χ0v) is 12.8. The Labute approximate surface area is 120 Å². The molecule has 1 saturated heterocycles. The van der Waals surface area contributed by atoms with Crippen LogP contribution in [0.3, 0.4) is 0 Å². The molecule has 1 aliphatic heterocycles. The number of nitrogens with two attached hydrogens (primary N) is 1. The Morgan fingerprint density at radius 2 is 2.26 bits per heavy atom. The summed E-state index contributed by atoms with van der Waals surface area (Å²) in [5.41, 5.74) is 5.85. The highest BCUT2D eigenvalue weighted by Gasteiger charge is 2.31. The van der Waals surface area contributed by atoms with Crippen molar-refractivity contribution >= 4 is 11.3 Å². The normalized spacial score (nSPS) is 28.8. The maximum absolute atomic E-state index is 10.2. The molecule has 0 aliphatic carbocycles. The summed E-state index contributed by atoms with van der Waals surface area (Å²) in [5.74, 6) is 0. The summed E-state index contributed by atoms with van der Waals surface area (Å²) in [6, 6.07) is 4.76. The van der Waals surface area contributed by atoms with Gasteiger partial charge in [-0.3, -0.25) is 4.90 Å². The van der Waals surface area contributed by atoms with E-state index in [-0.39, 0.29) is 6.04 Å². The Bertz CT molecular complexity index is 378. The smallest absolute Gasteiger partial charge is 0.0632 e. The molecule has 1 aromatic rings. The molecule has 2 heterocycles. The van der Waals surface area contributed by atoms with Crippen LogP contribution in [-0.4, -0.2) is 34.7 Å². The van der Waals surface area contributed by atoms with Crippen molar-refractivity contribution in [1.29, 1.82) is 0 Å². The molecule has 0 bridgehead atoms. The molecule has 2 rings (SSSR count). The lowest BCUT2D eigenvalue weighted by atomic mass is 9.98. The van der Waals surface area contributed by atoms with Gasteiger partial charge in [0, 0.05) is 17.5 Å². The second-order valence-electron chi connectivity index (χ2n) is 5.92. The van der Waals surface area contributed by atoms with Crippen LogP contribution in [0, 0.1) is 0 Å². The zero-order valence-electron chi connectivity index (χ0n) is 12.0. The summed E-state index contributed by atoms with van der Waals surface area (Å²) in [6.07, 6.45) is 3.76. The number of aliphatic hydroxyl groups is 1. The Morgan fingerprint density at radius 3 is 2.89 bits per heavy atom. The summed E-state index contributed by atoms with van der Waals surface area (Å²) in [4.78, 5) is 3.83. The van der Waals surface area contributed by atoms with Crippen molar-refractivity contribution in [3.63, 3.8) is 0 Å². The minimum atomic E-state index is -0.509. The minimum Gasteiger partial charge on any atom is -0.390 e. The molecule has 3 nitrogen and oxygen atoms in total. The van der Waals surface area contributed by atoms with E-state index in [1.54, 1.807) is 11.3 Å². The number of thiophene rings is 1. The summed E-state index contributed by atoms with van der Waals surface area (Å²) in [7, 11) is 0. The third kappa shape index (κ3) is 3.78. The SMILES string of the molecule is CCC(N)C(c1cccs1)N1CCCC(C)(O)CC1. The average molecular weight is 282 g/mol. The van der Waals surface area contributed by atoms with Crippen molar-refractivity contribution in [3.05, 3.63) is 22.4 Å². The molecule has 0 spiro atoms. The number of likely N-dealkylation sites (tertiary alicyclic amines) is 1. The molecule has 19 heavy (non-hydrogen) atoms. The Balaban J connectivity index is 2.14. The lowest BCUT2D eigenvalue weighted by Crippen LogP contribution is -2.41. The third-order valence-electron chi connectivity index (χ3n) is 4.20. The van der Waals surface area contributed by atoms with E-state index in [1.807, 2.05) is 6.92 Å². The van der Waals surface area contributed by atoms with Crippen LogP contribution in [-0.2, 0) is 0 Å². The van der Waals surface area contributed by atoms with Crippen molar-refractivity contribution in [2.24, 2.45) is 5.73 Å². The van der Waals surface area contributed by atoms with E-state index in [4.69, 9.17) is 5.73 Å². The van der Waals surface area contributed by atoms with Crippen LogP contribution in [0.4, 0.5) is 0 Å². The molecule has 108 valence electrons. The predicted molar refractivity (Wildman–Crippen MR) is 81.4 cm³/mol. The molecule has 3 N–H and O–H groups in total. The standard InChI is InChI=1S/C15H26N2OS/c1-3-12(16)14(13-6-4-11-19-13)17-9-5-7-15(2,18)8-10-17/h4,6,11-12,14,18H,3,5,7-10,16H2,1-2H3. The highest BCUT2D eigenvalue weighted by atomic mass is 32.1. The molecular weight excluding hydrogens is 256 g/mol. The number of hydrogen-bond donors (Lipinski definition) is 2. The van der Waals surface area contributed by atoms with E-state index in [0.717, 1.165) is 38.8 Å². The predicted octanol–water partition coefficient (Wildman–Crippen LogP) is 2.76. The van der Waals surface area contributed by atoms with Gasteiger partial charge in [-0.05, 0) is 50.6 Å². The van der Waals surface area contributed by atoms with Gasteiger partial charge >= 0.3 is 0 Å². The van der Waals surface area contributed by atoms with Crippen LogP contribution in [0.25, 0.3) is 0 Å². The zero-order chi connectivity index (χ0) is 13.9. The summed E-state index contributed by atoms with van der Waals surface area (Å²) in [6.45, 7) is 6.07. The third-order valence-corrected chi connectivity index (χ3v) is 5.15. The number of rotatable bonds is 4. The molecule has 1 aromatic heterocycles. The molecule has 1 fully saturated rings. The maximum atomic E-state index is 10.2. The van der Waals surface area contributed by atoms with Crippen LogP contribution in [0.2, 0.25) is 0 Å². The summed E-state index contributed by atoms with van der Waals surface area (Å²) >= 11 is 1.79. The first-order chi connectivity index (χ1) is 9.03. The van der Waals surface area contributed by atoms with Crippen molar-refractivity contribution < 1.29 is 5.11 Å². The highest BCUT2D eigenvalue weighted by molar-refractivity contribution is 7.10. The van der Waals surface area contributed by atoms with E-state index in [1.165, 1.54) is 4.88 Å². The monoisotopic (exact) mass is 282 g/mol. The molecule has 0 amide bonds. The molecule has 3 unspecified atom stereocenters. The fourth-order valence-electron chi connectivity index (χ4n) is 2.91. The fraction of sp³-hybridized carbons (Fsp3) is 0.733. The number of nitrogens with zero attached hydrogens (tertiary/aromatic N) is 1. The highest BCUT2D eigenvalue weighted by Crippen LogP contribution is 2.32. The van der Waals surface area contributed by atoms with Crippen LogP contribution in [0.15, 0.2) is 17.5 Å². The molecular formula is C15H26N2OS. The summed E-state index contributed by atoms with van der Waals surface area (Å²) < 4.78 is 0. The van der Waals surface area contributed by atoms with Gasteiger partial charge in [-0.25, -0.2) is 0 Å². The van der Waals surface area contributed by atoms with Gasteiger partial charge < -0.3 is 10.8 Å². The van der Waals surface area contributed by atoms with E-state index in [0.29, 0.717) is 6.04 Å². The van der Waals surface area contributed by atoms with Gasteiger partial charge in [-0.1, -0.05) is 13.0 Å². The van der Waals surface area contributed by atoms with Crippen LogP contribution >= 0.6 is 11.3 Å². The fourth-order valence-corrected chi connectivity index (χ4v) is 3.84. The van der Waals surface area contributed by atoms with Crippen molar-refractivity contribution in [2.75, 3.05) is 13.1 Å². The van der Waals surface area contributed by atoms with Gasteiger partial charge in [-0.15, -0.1) is 11.3 Å². The van der Waals surface area contributed by atoms with Gasteiger partial charge in [0.25, 0.3) is 0 Å². The molecule has 0 aromatic carbocycles. The lowest BCUT2D eigenvalue weighted by molar-refractivity contribution is 0.0423. The average Bonchev–Trinajstić information content (AvgIpc) is 2.82. The second-order valence-corrected chi connectivity index (χ2v) is 6.90. The first-order valence-corrected chi connectivity index (χ1v) is 8.17. The van der Waals surface area contributed by atoms with E-state index < -0.39 is 5.60 Å². The lowest BCUT2D eigenvalue weighted by Gasteiger charge is -2.34. The number of hydrogen-bond acceptors (Lipinski definition) is 4. The molecule has 0 saturated carbocycles. The topological polar surface area (TPSA) is 49.5 Å². The van der Waals surface area contributed by atoms with Gasteiger partial charge in [0.1, 0.15) is 0 Å². The van der Waals surface area contributed by atoms with Gasteiger partial charge in [-0.2, -0.15) is 0 Å². The first-order valence-electron chi connectivity index (χ1n) is 7.29. The summed E-state index contributed by atoms with van der Waals surface area (Å²) in [5, 5.41) is 12.3. The quantitative estimate of drug-likeness (QED) is 0.893. The van der Waals surface area contributed by atoms with Crippen LogP contribution < -0.4 is 5.73 Å². The molecule has 1 aliphatic rings. The van der Waals surface area contributed by atoms with Crippen LogP contribution in [0.5, 0.6) is 0 Å². The van der Waals surface area contributed by atoms with Crippen molar-refractivity contribution in [1.82, 2.24) is 4.90 Å². The molecule has 3 atom stereocenters. The Kier molecular flexibility index (Phi) is 5.01. The first kappa shape index (κ1) is 15.0. The van der Waals surface area contributed by atoms with Crippen LogP contribution in [0.1, 0.15) is 50.4 Å². The maximum Gasteiger partial charge on any atom is 0.0632 e. The second kappa shape index (κ2) is 6.35. The van der Waals surface area contributed by atoms with E-state index >= 15 is 0 Å². The minimum absolute atomic E-state index is 0.168. The van der Waals surface area contributed by atoms with Crippen molar-refractivity contribution in [3.8, 4) is 0 Å². The molecule has 4 heteroatoms. The van der Waals surface area contributed by atoms with Gasteiger partial charge in [0.2, 0.25) is 0 Å². The molecule has 0 radical (unpaired) electrons. The van der Waals surface area contributed by atoms with E-state index in [9.17, 15) is 5.11 Å².